The highest BCUT2D eigenvalue weighted by atomic mass is 16.5. The number of carbonyl (C=O) groups is 1. The van der Waals surface area contributed by atoms with Crippen LogP contribution in [0.15, 0.2) is 24.3 Å². The number of ether oxygens (including phenoxy) is 1. The summed E-state index contributed by atoms with van der Waals surface area (Å²) >= 11 is 0. The van der Waals surface area contributed by atoms with Crippen LogP contribution < -0.4 is 4.74 Å². The Kier molecular flexibility index (Phi) is 3.85. The van der Waals surface area contributed by atoms with Gasteiger partial charge in [-0.15, -0.1) is 0 Å². The van der Waals surface area contributed by atoms with Crippen LogP contribution in [-0.2, 0) is 16.0 Å². The van der Waals surface area contributed by atoms with Gasteiger partial charge in [-0.1, -0.05) is 12.1 Å². The Bertz CT molecular complexity index is 314. The van der Waals surface area contributed by atoms with E-state index in [-0.39, 0.29) is 5.97 Å². The molecule has 1 aromatic rings. The lowest BCUT2D eigenvalue weighted by atomic mass is 10.1. The summed E-state index contributed by atoms with van der Waals surface area (Å²) in [4.78, 5) is 20.6. The van der Waals surface area contributed by atoms with Crippen molar-refractivity contribution < 1.29 is 14.3 Å². The van der Waals surface area contributed by atoms with Crippen molar-refractivity contribution in [3.05, 3.63) is 29.8 Å². The molecule has 0 bridgehead atoms. The van der Waals surface area contributed by atoms with Crippen LogP contribution >= 0.6 is 0 Å². The molecule has 0 unspecified atom stereocenters. The maximum atomic E-state index is 10.6. The number of aryl methyl sites for hydroxylation is 1. The molecule has 0 saturated heterocycles. The fourth-order valence-electron chi connectivity index (χ4n) is 1.09. The van der Waals surface area contributed by atoms with Crippen LogP contribution in [-0.4, -0.2) is 12.3 Å². The fourth-order valence-corrected chi connectivity index (χ4v) is 1.09. The molecule has 3 heteroatoms. The molecule has 0 spiro atoms. The molecule has 73 valence electrons. The zero-order valence-electron chi connectivity index (χ0n) is 7.95. The van der Waals surface area contributed by atoms with Gasteiger partial charge in [0.15, 0.2) is 6.29 Å². The van der Waals surface area contributed by atoms with Gasteiger partial charge in [0, 0.05) is 13.3 Å². The molecule has 1 aromatic carbocycles. The van der Waals surface area contributed by atoms with E-state index in [2.05, 4.69) is 0 Å². The Morgan fingerprint density at radius 3 is 2.50 bits per heavy atom. The SMILES string of the molecule is CC(=O)Oc1ccc(CC[C]=O)cc1. The quantitative estimate of drug-likeness (QED) is 0.537. The van der Waals surface area contributed by atoms with Crippen LogP contribution in [0.5, 0.6) is 5.75 Å². The summed E-state index contributed by atoms with van der Waals surface area (Å²) in [5.41, 5.74) is 1.03. The van der Waals surface area contributed by atoms with Gasteiger partial charge in [-0.2, -0.15) is 0 Å². The van der Waals surface area contributed by atoms with Gasteiger partial charge in [0.1, 0.15) is 5.75 Å². The largest absolute Gasteiger partial charge is 0.427 e. The molecule has 0 N–H and O–H groups in total. The van der Waals surface area contributed by atoms with Gasteiger partial charge in [-0.3, -0.25) is 9.59 Å². The first-order valence-electron chi connectivity index (χ1n) is 4.34. The minimum absolute atomic E-state index is 0.334. The molecule has 0 fully saturated rings. The highest BCUT2D eigenvalue weighted by molar-refractivity contribution is 5.69. The van der Waals surface area contributed by atoms with Crippen LogP contribution in [0.2, 0.25) is 0 Å². The Labute approximate surface area is 82.7 Å². The Morgan fingerprint density at radius 1 is 1.36 bits per heavy atom. The molecule has 1 radical (unpaired) electrons. The monoisotopic (exact) mass is 191 g/mol. The third kappa shape index (κ3) is 3.39. The van der Waals surface area contributed by atoms with Crippen molar-refractivity contribution in [2.45, 2.75) is 19.8 Å². The molecule has 0 heterocycles. The Balaban J connectivity index is 2.58. The van der Waals surface area contributed by atoms with Crippen LogP contribution in [0.4, 0.5) is 0 Å². The molecule has 0 aliphatic rings. The van der Waals surface area contributed by atoms with E-state index in [1.54, 1.807) is 12.1 Å². The maximum Gasteiger partial charge on any atom is 0.308 e. The second-order valence-corrected chi connectivity index (χ2v) is 2.88. The molecular formula is C11H11O3. The first kappa shape index (κ1) is 10.4. The van der Waals surface area contributed by atoms with Gasteiger partial charge < -0.3 is 4.74 Å². The van der Waals surface area contributed by atoms with Gasteiger partial charge in [-0.05, 0) is 24.1 Å². The predicted octanol–water partition coefficient (Wildman–Crippen LogP) is 1.65. The van der Waals surface area contributed by atoms with Gasteiger partial charge in [0.25, 0.3) is 0 Å². The lowest BCUT2D eigenvalue weighted by Gasteiger charge is -2.01. The normalized spacial score (nSPS) is 9.50. The molecule has 3 nitrogen and oxygen atoms in total. The van der Waals surface area contributed by atoms with E-state index in [9.17, 15) is 9.59 Å². The zero-order chi connectivity index (χ0) is 10.4. The Hall–Kier alpha value is -1.64. The van der Waals surface area contributed by atoms with Crippen LogP contribution in [0, 0.1) is 0 Å². The standard InChI is InChI=1S/C11H11O3/c1-9(13)14-11-6-4-10(5-7-11)3-2-8-12/h4-7H,2-3H2,1H3. The van der Waals surface area contributed by atoms with Gasteiger partial charge in [0.2, 0.25) is 0 Å². The van der Waals surface area contributed by atoms with Crippen molar-refractivity contribution in [1.29, 1.82) is 0 Å². The summed E-state index contributed by atoms with van der Waals surface area (Å²) < 4.78 is 4.86. The second-order valence-electron chi connectivity index (χ2n) is 2.88. The minimum atomic E-state index is -0.334. The van der Waals surface area contributed by atoms with E-state index in [1.165, 1.54) is 6.92 Å². The first-order chi connectivity index (χ1) is 6.72. The summed E-state index contributed by atoms with van der Waals surface area (Å²) in [6.07, 6.45) is 2.89. The maximum absolute atomic E-state index is 10.6. The van der Waals surface area contributed by atoms with Crippen molar-refractivity contribution in [1.82, 2.24) is 0 Å². The molecule has 0 aliphatic heterocycles. The fraction of sp³-hybridized carbons (Fsp3) is 0.273. The molecule has 14 heavy (non-hydrogen) atoms. The van der Waals surface area contributed by atoms with Crippen molar-refractivity contribution in [3.63, 3.8) is 0 Å². The summed E-state index contributed by atoms with van der Waals surface area (Å²) in [5.74, 6) is 0.190. The molecule has 0 aliphatic carbocycles. The highest BCUT2D eigenvalue weighted by Gasteiger charge is 1.98. The summed E-state index contributed by atoms with van der Waals surface area (Å²) in [6.45, 7) is 1.36. The van der Waals surface area contributed by atoms with E-state index < -0.39 is 0 Å². The zero-order valence-corrected chi connectivity index (χ0v) is 7.95. The summed E-state index contributed by atoms with van der Waals surface area (Å²) in [7, 11) is 0. The number of hydrogen-bond donors (Lipinski definition) is 0. The number of carbonyl (C=O) groups excluding carboxylic acids is 2. The first-order valence-corrected chi connectivity index (χ1v) is 4.34. The van der Waals surface area contributed by atoms with E-state index in [1.807, 2.05) is 18.4 Å². The topological polar surface area (TPSA) is 43.4 Å². The smallest absolute Gasteiger partial charge is 0.308 e. The Morgan fingerprint density at radius 2 is 2.00 bits per heavy atom. The average molecular weight is 191 g/mol. The predicted molar refractivity (Wildman–Crippen MR) is 51.8 cm³/mol. The molecule has 0 aromatic heterocycles. The lowest BCUT2D eigenvalue weighted by Crippen LogP contribution is -2.01. The third-order valence-corrected chi connectivity index (χ3v) is 1.70. The number of benzene rings is 1. The van der Waals surface area contributed by atoms with Crippen molar-refractivity contribution in [3.8, 4) is 5.75 Å². The lowest BCUT2D eigenvalue weighted by molar-refractivity contribution is -0.131. The van der Waals surface area contributed by atoms with Crippen molar-refractivity contribution in [2.24, 2.45) is 0 Å². The second kappa shape index (κ2) is 5.17. The molecule has 0 atom stereocenters. The van der Waals surface area contributed by atoms with Crippen LogP contribution in [0.25, 0.3) is 0 Å². The molecule has 0 amide bonds. The van der Waals surface area contributed by atoms with E-state index in [0.717, 1.165) is 5.56 Å². The van der Waals surface area contributed by atoms with Crippen molar-refractivity contribution in [2.75, 3.05) is 0 Å². The van der Waals surface area contributed by atoms with E-state index in [0.29, 0.717) is 18.6 Å². The van der Waals surface area contributed by atoms with Gasteiger partial charge in [-0.25, -0.2) is 0 Å². The molecular weight excluding hydrogens is 180 g/mol. The van der Waals surface area contributed by atoms with Crippen LogP contribution in [0.1, 0.15) is 18.9 Å². The summed E-state index contributed by atoms with van der Waals surface area (Å²) in [5, 5.41) is 0. The number of esters is 1. The van der Waals surface area contributed by atoms with E-state index >= 15 is 0 Å². The average Bonchev–Trinajstić information content (AvgIpc) is 2.16. The van der Waals surface area contributed by atoms with Gasteiger partial charge in [0.05, 0.1) is 0 Å². The van der Waals surface area contributed by atoms with Crippen LogP contribution in [0.3, 0.4) is 0 Å². The summed E-state index contributed by atoms with van der Waals surface area (Å²) in [6, 6.07) is 7.08. The third-order valence-electron chi connectivity index (χ3n) is 1.70. The van der Waals surface area contributed by atoms with E-state index in [4.69, 9.17) is 4.74 Å². The van der Waals surface area contributed by atoms with Gasteiger partial charge >= 0.3 is 5.97 Å². The highest BCUT2D eigenvalue weighted by Crippen LogP contribution is 2.13. The molecule has 1 rings (SSSR count). The number of rotatable bonds is 4. The molecule has 0 saturated carbocycles. The number of hydrogen-bond acceptors (Lipinski definition) is 3. The van der Waals surface area contributed by atoms with Crippen molar-refractivity contribution >= 4 is 12.3 Å². The minimum Gasteiger partial charge on any atom is -0.427 e.